The maximum absolute atomic E-state index is 12.1. The zero-order valence-corrected chi connectivity index (χ0v) is 15.1. The van der Waals surface area contributed by atoms with Gasteiger partial charge >= 0.3 is 0 Å². The van der Waals surface area contributed by atoms with E-state index in [1.165, 1.54) is 0 Å². The Morgan fingerprint density at radius 1 is 1.22 bits per heavy atom. The van der Waals surface area contributed by atoms with Crippen LogP contribution in [0.2, 0.25) is 0 Å². The Labute approximate surface area is 145 Å². The molecule has 2 rings (SSSR count). The quantitative estimate of drug-likeness (QED) is 0.749. The van der Waals surface area contributed by atoms with Crippen molar-refractivity contribution in [1.29, 1.82) is 0 Å². The summed E-state index contributed by atoms with van der Waals surface area (Å²) in [4.78, 5) is 16.4. The Morgan fingerprint density at radius 3 is 2.65 bits per heavy atom. The van der Waals surface area contributed by atoms with Crippen LogP contribution in [0.1, 0.15) is 25.8 Å². The molecule has 1 amide bonds. The minimum Gasteiger partial charge on any atom is -0.384 e. The summed E-state index contributed by atoms with van der Waals surface area (Å²) in [5, 5.41) is 6.14. The molecule has 0 aliphatic rings. The Kier molecular flexibility index (Phi) is 6.59. The van der Waals surface area contributed by atoms with Crippen molar-refractivity contribution in [2.75, 3.05) is 17.2 Å². The zero-order chi connectivity index (χ0) is 16.7. The number of nitrogens with zero attached hydrogens (tertiary/aromatic N) is 1. The van der Waals surface area contributed by atoms with E-state index in [9.17, 15) is 4.79 Å². The number of hydrogen-bond acceptors (Lipinski definition) is 3. The lowest BCUT2D eigenvalue weighted by molar-refractivity contribution is -0.115. The number of carbonyl (C=O) groups excluding carboxylic acids is 1. The van der Waals surface area contributed by atoms with E-state index in [0.29, 0.717) is 18.2 Å². The molecule has 0 radical (unpaired) electrons. The van der Waals surface area contributed by atoms with E-state index in [2.05, 4.69) is 45.4 Å². The van der Waals surface area contributed by atoms with E-state index in [1.54, 1.807) is 6.20 Å². The monoisotopic (exact) mass is 375 g/mol. The Balaban J connectivity index is 1.85. The standard InChI is InChI=1S/C18H22BrN3O/c1-13(2)9-10-20-15-7-8-17(21-12-15)22-18(23)11-14-5-3-4-6-16(14)19/h3-8,12-13,20H,9-11H2,1-2H3,(H,21,22,23). The molecule has 0 unspecified atom stereocenters. The summed E-state index contributed by atoms with van der Waals surface area (Å²) in [5.41, 5.74) is 1.92. The molecule has 5 heteroatoms. The average molecular weight is 376 g/mol. The first-order chi connectivity index (χ1) is 11.0. The van der Waals surface area contributed by atoms with Crippen LogP contribution in [-0.2, 0) is 11.2 Å². The number of rotatable bonds is 7. The number of anilines is 2. The van der Waals surface area contributed by atoms with Gasteiger partial charge in [0.05, 0.1) is 18.3 Å². The SMILES string of the molecule is CC(C)CCNc1ccc(NC(=O)Cc2ccccc2Br)nc1. The largest absolute Gasteiger partial charge is 0.384 e. The summed E-state index contributed by atoms with van der Waals surface area (Å²) in [5.74, 6) is 1.16. The molecule has 0 saturated heterocycles. The second-order valence-electron chi connectivity index (χ2n) is 5.86. The normalized spacial score (nSPS) is 10.6. The van der Waals surface area contributed by atoms with Gasteiger partial charge in [-0.3, -0.25) is 4.79 Å². The molecule has 1 aromatic carbocycles. The fourth-order valence-electron chi connectivity index (χ4n) is 2.08. The third-order valence-electron chi connectivity index (χ3n) is 3.39. The summed E-state index contributed by atoms with van der Waals surface area (Å²) in [6, 6.07) is 11.5. The highest BCUT2D eigenvalue weighted by atomic mass is 79.9. The summed E-state index contributed by atoms with van der Waals surface area (Å²) < 4.78 is 0.938. The highest BCUT2D eigenvalue weighted by molar-refractivity contribution is 9.10. The lowest BCUT2D eigenvalue weighted by Crippen LogP contribution is -2.15. The van der Waals surface area contributed by atoms with Gasteiger partial charge in [0.25, 0.3) is 0 Å². The molecule has 0 fully saturated rings. The van der Waals surface area contributed by atoms with Crippen molar-refractivity contribution in [2.24, 2.45) is 5.92 Å². The Hall–Kier alpha value is -1.88. The minimum absolute atomic E-state index is 0.0788. The molecule has 122 valence electrons. The van der Waals surface area contributed by atoms with Gasteiger partial charge in [0, 0.05) is 11.0 Å². The van der Waals surface area contributed by atoms with Gasteiger partial charge in [0.2, 0.25) is 5.91 Å². The van der Waals surface area contributed by atoms with Gasteiger partial charge in [0.1, 0.15) is 5.82 Å². The highest BCUT2D eigenvalue weighted by Gasteiger charge is 2.07. The van der Waals surface area contributed by atoms with Crippen molar-refractivity contribution in [3.63, 3.8) is 0 Å². The van der Waals surface area contributed by atoms with Crippen molar-refractivity contribution in [2.45, 2.75) is 26.7 Å². The first kappa shape index (κ1) is 17.5. The van der Waals surface area contributed by atoms with Gasteiger partial charge in [-0.1, -0.05) is 48.0 Å². The maximum Gasteiger partial charge on any atom is 0.229 e. The van der Waals surface area contributed by atoms with Crippen LogP contribution in [0.5, 0.6) is 0 Å². The first-order valence-corrected chi connectivity index (χ1v) is 8.57. The van der Waals surface area contributed by atoms with E-state index in [0.717, 1.165) is 28.7 Å². The second-order valence-corrected chi connectivity index (χ2v) is 6.71. The molecule has 0 aliphatic heterocycles. The summed E-state index contributed by atoms with van der Waals surface area (Å²) in [6.45, 7) is 5.32. The van der Waals surface area contributed by atoms with E-state index >= 15 is 0 Å². The molecule has 1 aromatic heterocycles. The number of amides is 1. The molecule has 0 saturated carbocycles. The van der Waals surface area contributed by atoms with Crippen LogP contribution >= 0.6 is 15.9 Å². The van der Waals surface area contributed by atoms with Crippen molar-refractivity contribution in [3.05, 3.63) is 52.6 Å². The molecule has 0 spiro atoms. The van der Waals surface area contributed by atoms with E-state index < -0.39 is 0 Å². The van der Waals surface area contributed by atoms with Gasteiger partial charge in [0.15, 0.2) is 0 Å². The number of pyridine rings is 1. The highest BCUT2D eigenvalue weighted by Crippen LogP contribution is 2.17. The number of carbonyl (C=O) groups is 1. The van der Waals surface area contributed by atoms with Gasteiger partial charge in [-0.05, 0) is 36.1 Å². The van der Waals surface area contributed by atoms with Crippen LogP contribution in [0.3, 0.4) is 0 Å². The van der Waals surface area contributed by atoms with Gasteiger partial charge in [-0.25, -0.2) is 4.98 Å². The Bertz CT molecular complexity index is 641. The van der Waals surface area contributed by atoms with Crippen LogP contribution in [-0.4, -0.2) is 17.4 Å². The van der Waals surface area contributed by atoms with Crippen LogP contribution in [0.15, 0.2) is 47.1 Å². The topological polar surface area (TPSA) is 54.0 Å². The molecule has 0 atom stereocenters. The van der Waals surface area contributed by atoms with Crippen molar-refractivity contribution in [1.82, 2.24) is 4.98 Å². The number of hydrogen-bond donors (Lipinski definition) is 2. The molecule has 2 aromatic rings. The number of benzene rings is 1. The molecule has 0 bridgehead atoms. The maximum atomic E-state index is 12.1. The molecular weight excluding hydrogens is 354 g/mol. The summed E-state index contributed by atoms with van der Waals surface area (Å²) in [6.07, 6.45) is 3.18. The summed E-state index contributed by atoms with van der Waals surface area (Å²) >= 11 is 3.45. The van der Waals surface area contributed by atoms with E-state index in [-0.39, 0.29) is 5.91 Å². The van der Waals surface area contributed by atoms with Crippen LogP contribution in [0, 0.1) is 5.92 Å². The minimum atomic E-state index is -0.0788. The smallest absolute Gasteiger partial charge is 0.229 e. The number of aromatic nitrogens is 1. The summed E-state index contributed by atoms with van der Waals surface area (Å²) in [7, 11) is 0. The molecule has 1 heterocycles. The van der Waals surface area contributed by atoms with Crippen LogP contribution < -0.4 is 10.6 Å². The zero-order valence-electron chi connectivity index (χ0n) is 13.5. The van der Waals surface area contributed by atoms with E-state index in [1.807, 2.05) is 36.4 Å². The lowest BCUT2D eigenvalue weighted by Gasteiger charge is -2.09. The average Bonchev–Trinajstić information content (AvgIpc) is 2.51. The number of nitrogens with one attached hydrogen (secondary N) is 2. The third kappa shape index (κ3) is 6.02. The Morgan fingerprint density at radius 2 is 2.00 bits per heavy atom. The lowest BCUT2D eigenvalue weighted by atomic mass is 10.1. The second kappa shape index (κ2) is 8.67. The van der Waals surface area contributed by atoms with Crippen LogP contribution in [0.25, 0.3) is 0 Å². The van der Waals surface area contributed by atoms with Gasteiger partial charge in [-0.15, -0.1) is 0 Å². The fourth-order valence-corrected chi connectivity index (χ4v) is 2.50. The third-order valence-corrected chi connectivity index (χ3v) is 4.16. The van der Waals surface area contributed by atoms with Gasteiger partial charge in [-0.2, -0.15) is 0 Å². The predicted molar refractivity (Wildman–Crippen MR) is 98.7 cm³/mol. The molecule has 0 aliphatic carbocycles. The van der Waals surface area contributed by atoms with Crippen molar-refractivity contribution in [3.8, 4) is 0 Å². The molecule has 23 heavy (non-hydrogen) atoms. The molecular formula is C18H22BrN3O. The molecule has 4 nitrogen and oxygen atoms in total. The fraction of sp³-hybridized carbons (Fsp3) is 0.333. The predicted octanol–water partition coefficient (Wildman–Crippen LogP) is 4.48. The van der Waals surface area contributed by atoms with Crippen molar-refractivity contribution >= 4 is 33.3 Å². The molecule has 2 N–H and O–H groups in total. The first-order valence-electron chi connectivity index (χ1n) is 7.78. The number of halogens is 1. The van der Waals surface area contributed by atoms with E-state index in [4.69, 9.17) is 0 Å². The van der Waals surface area contributed by atoms with Crippen LogP contribution in [0.4, 0.5) is 11.5 Å². The van der Waals surface area contributed by atoms with Crippen molar-refractivity contribution < 1.29 is 4.79 Å². The van der Waals surface area contributed by atoms with Gasteiger partial charge < -0.3 is 10.6 Å².